The average molecular weight is 336 g/mol. The van der Waals surface area contributed by atoms with Crippen LogP contribution < -0.4 is 10.1 Å². The van der Waals surface area contributed by atoms with Gasteiger partial charge in [0.2, 0.25) is 5.91 Å². The Morgan fingerprint density at radius 2 is 1.83 bits per heavy atom. The van der Waals surface area contributed by atoms with Gasteiger partial charge in [-0.1, -0.05) is 23.7 Å². The lowest BCUT2D eigenvalue weighted by atomic mass is 10.1. The highest BCUT2D eigenvalue weighted by molar-refractivity contribution is 6.30. The lowest BCUT2D eigenvalue weighted by Crippen LogP contribution is -2.26. The Kier molecular flexibility index (Phi) is 6.41. The smallest absolute Gasteiger partial charge is 0.220 e. The van der Waals surface area contributed by atoms with Gasteiger partial charge in [0, 0.05) is 11.4 Å². The summed E-state index contributed by atoms with van der Waals surface area (Å²) in [5.74, 6) is 0.391. The van der Waals surface area contributed by atoms with Crippen LogP contribution in [0.2, 0.25) is 5.02 Å². The van der Waals surface area contributed by atoms with E-state index < -0.39 is 0 Å². The SMILES string of the molecule is CC(NC(=O)CCCOc1ccc(Cl)cc1)c1ccc(F)cc1. The van der Waals surface area contributed by atoms with Crippen molar-refractivity contribution in [1.29, 1.82) is 0 Å². The van der Waals surface area contributed by atoms with Gasteiger partial charge in [-0.05, 0) is 55.3 Å². The lowest BCUT2D eigenvalue weighted by Gasteiger charge is -2.14. The second-order valence-electron chi connectivity index (χ2n) is 5.25. The first-order valence-electron chi connectivity index (χ1n) is 7.48. The molecule has 23 heavy (non-hydrogen) atoms. The molecule has 0 heterocycles. The van der Waals surface area contributed by atoms with E-state index in [0.717, 1.165) is 11.3 Å². The Morgan fingerprint density at radius 1 is 1.17 bits per heavy atom. The first kappa shape index (κ1) is 17.3. The Hall–Kier alpha value is -2.07. The molecule has 1 N–H and O–H groups in total. The Bertz CT molecular complexity index is 628. The van der Waals surface area contributed by atoms with Crippen LogP contribution in [0.1, 0.15) is 31.4 Å². The fourth-order valence-corrected chi connectivity index (χ4v) is 2.23. The monoisotopic (exact) mass is 335 g/mol. The van der Waals surface area contributed by atoms with Crippen LogP contribution in [0.5, 0.6) is 5.75 Å². The van der Waals surface area contributed by atoms with E-state index in [-0.39, 0.29) is 17.8 Å². The van der Waals surface area contributed by atoms with Crippen molar-refractivity contribution in [3.63, 3.8) is 0 Å². The predicted octanol–water partition coefficient (Wildman–Crippen LogP) is 4.52. The number of carbonyl (C=O) groups is 1. The van der Waals surface area contributed by atoms with E-state index in [2.05, 4.69) is 5.32 Å². The van der Waals surface area contributed by atoms with E-state index in [1.807, 2.05) is 6.92 Å². The van der Waals surface area contributed by atoms with Crippen LogP contribution in [0, 0.1) is 5.82 Å². The molecule has 2 aromatic rings. The minimum Gasteiger partial charge on any atom is -0.494 e. The third-order valence-corrected chi connectivity index (χ3v) is 3.63. The molecule has 1 unspecified atom stereocenters. The number of halogens is 2. The van der Waals surface area contributed by atoms with Gasteiger partial charge < -0.3 is 10.1 Å². The number of hydrogen-bond donors (Lipinski definition) is 1. The van der Waals surface area contributed by atoms with Crippen molar-refractivity contribution >= 4 is 17.5 Å². The van der Waals surface area contributed by atoms with E-state index in [4.69, 9.17) is 16.3 Å². The largest absolute Gasteiger partial charge is 0.494 e. The molecule has 0 bridgehead atoms. The molecule has 0 spiro atoms. The highest BCUT2D eigenvalue weighted by Crippen LogP contribution is 2.16. The van der Waals surface area contributed by atoms with Crippen molar-refractivity contribution in [2.75, 3.05) is 6.61 Å². The van der Waals surface area contributed by atoms with Gasteiger partial charge >= 0.3 is 0 Å². The van der Waals surface area contributed by atoms with Crippen molar-refractivity contribution in [1.82, 2.24) is 5.32 Å². The van der Waals surface area contributed by atoms with Crippen molar-refractivity contribution in [2.45, 2.75) is 25.8 Å². The quantitative estimate of drug-likeness (QED) is 0.756. The summed E-state index contributed by atoms with van der Waals surface area (Å²) in [4.78, 5) is 11.9. The minimum atomic E-state index is -0.286. The topological polar surface area (TPSA) is 38.3 Å². The van der Waals surface area contributed by atoms with E-state index >= 15 is 0 Å². The van der Waals surface area contributed by atoms with Crippen LogP contribution in [-0.2, 0) is 4.79 Å². The molecule has 3 nitrogen and oxygen atoms in total. The lowest BCUT2D eigenvalue weighted by molar-refractivity contribution is -0.121. The van der Waals surface area contributed by atoms with E-state index in [1.165, 1.54) is 12.1 Å². The number of rotatable bonds is 7. The number of hydrogen-bond acceptors (Lipinski definition) is 2. The summed E-state index contributed by atoms with van der Waals surface area (Å²) in [5, 5.41) is 3.55. The number of nitrogens with one attached hydrogen (secondary N) is 1. The van der Waals surface area contributed by atoms with Crippen molar-refractivity contribution in [3.8, 4) is 5.75 Å². The summed E-state index contributed by atoms with van der Waals surface area (Å²) < 4.78 is 18.4. The van der Waals surface area contributed by atoms with Gasteiger partial charge in [-0.15, -0.1) is 0 Å². The van der Waals surface area contributed by atoms with Crippen LogP contribution in [-0.4, -0.2) is 12.5 Å². The Labute approximate surface area is 140 Å². The fraction of sp³-hybridized carbons (Fsp3) is 0.278. The predicted molar refractivity (Wildman–Crippen MR) is 89.1 cm³/mol. The van der Waals surface area contributed by atoms with Gasteiger partial charge in [0.15, 0.2) is 0 Å². The molecule has 0 saturated heterocycles. The highest BCUT2D eigenvalue weighted by Gasteiger charge is 2.09. The summed E-state index contributed by atoms with van der Waals surface area (Å²) in [5.41, 5.74) is 0.872. The fourth-order valence-electron chi connectivity index (χ4n) is 2.10. The first-order chi connectivity index (χ1) is 11.0. The summed E-state index contributed by atoms with van der Waals surface area (Å²) in [6.07, 6.45) is 0.990. The van der Waals surface area contributed by atoms with Gasteiger partial charge in [0.1, 0.15) is 11.6 Å². The molecule has 1 amide bonds. The number of benzene rings is 2. The zero-order valence-electron chi connectivity index (χ0n) is 12.9. The first-order valence-corrected chi connectivity index (χ1v) is 7.85. The molecule has 0 saturated carbocycles. The summed E-state index contributed by atoms with van der Waals surface area (Å²) >= 11 is 5.79. The zero-order chi connectivity index (χ0) is 16.7. The third kappa shape index (κ3) is 5.91. The normalized spacial score (nSPS) is 11.8. The number of amides is 1. The van der Waals surface area contributed by atoms with Gasteiger partial charge in [-0.3, -0.25) is 4.79 Å². The molecule has 0 aliphatic rings. The standard InChI is InChI=1S/C18H19ClFNO2/c1-13(14-4-8-16(20)9-5-14)21-18(22)3-2-12-23-17-10-6-15(19)7-11-17/h4-11,13H,2-3,12H2,1H3,(H,21,22). The Morgan fingerprint density at radius 3 is 2.48 bits per heavy atom. The maximum Gasteiger partial charge on any atom is 0.220 e. The van der Waals surface area contributed by atoms with Crippen molar-refractivity contribution in [3.05, 3.63) is 64.9 Å². The van der Waals surface area contributed by atoms with Gasteiger partial charge in [0.25, 0.3) is 0 Å². The van der Waals surface area contributed by atoms with Crippen LogP contribution in [0.3, 0.4) is 0 Å². The van der Waals surface area contributed by atoms with Crippen LogP contribution in [0.15, 0.2) is 48.5 Å². The Balaban J connectivity index is 1.68. The van der Waals surface area contributed by atoms with Crippen LogP contribution >= 0.6 is 11.6 Å². The molecule has 5 heteroatoms. The van der Waals surface area contributed by atoms with Gasteiger partial charge in [-0.25, -0.2) is 4.39 Å². The van der Waals surface area contributed by atoms with E-state index in [9.17, 15) is 9.18 Å². The number of ether oxygens (including phenoxy) is 1. The molecule has 0 radical (unpaired) electrons. The van der Waals surface area contributed by atoms with E-state index in [1.54, 1.807) is 36.4 Å². The summed E-state index contributed by atoms with van der Waals surface area (Å²) in [6.45, 7) is 2.33. The summed E-state index contributed by atoms with van der Waals surface area (Å²) in [6, 6.07) is 13.1. The van der Waals surface area contributed by atoms with Crippen molar-refractivity contribution in [2.24, 2.45) is 0 Å². The molecule has 0 fully saturated rings. The molecular formula is C18H19ClFNO2. The molecule has 0 aliphatic heterocycles. The molecule has 2 rings (SSSR count). The second kappa shape index (κ2) is 8.53. The average Bonchev–Trinajstić information content (AvgIpc) is 2.54. The zero-order valence-corrected chi connectivity index (χ0v) is 13.6. The maximum atomic E-state index is 12.9. The molecular weight excluding hydrogens is 317 g/mol. The second-order valence-corrected chi connectivity index (χ2v) is 5.68. The molecule has 1 atom stereocenters. The number of carbonyl (C=O) groups excluding carboxylic acids is 1. The highest BCUT2D eigenvalue weighted by atomic mass is 35.5. The van der Waals surface area contributed by atoms with Gasteiger partial charge in [0.05, 0.1) is 12.6 Å². The molecule has 0 aromatic heterocycles. The molecule has 122 valence electrons. The third-order valence-electron chi connectivity index (χ3n) is 3.38. The maximum absolute atomic E-state index is 12.9. The molecule has 0 aliphatic carbocycles. The minimum absolute atomic E-state index is 0.0541. The van der Waals surface area contributed by atoms with Gasteiger partial charge in [-0.2, -0.15) is 0 Å². The van der Waals surface area contributed by atoms with E-state index in [0.29, 0.717) is 24.5 Å². The molecule has 2 aromatic carbocycles. The van der Waals surface area contributed by atoms with Crippen LogP contribution in [0.4, 0.5) is 4.39 Å². The van der Waals surface area contributed by atoms with Crippen molar-refractivity contribution < 1.29 is 13.9 Å². The van der Waals surface area contributed by atoms with Crippen LogP contribution in [0.25, 0.3) is 0 Å². The summed E-state index contributed by atoms with van der Waals surface area (Å²) in [7, 11) is 0.